The summed E-state index contributed by atoms with van der Waals surface area (Å²) in [6.45, 7) is 3.06. The number of halogens is 1. The average Bonchev–Trinajstić information content (AvgIpc) is 3.02. The fourth-order valence-electron chi connectivity index (χ4n) is 2.80. The van der Waals surface area contributed by atoms with Crippen LogP contribution in [0.3, 0.4) is 0 Å². The predicted octanol–water partition coefficient (Wildman–Crippen LogP) is 2.67. The maximum absolute atomic E-state index is 12.4. The Balaban J connectivity index is 1.64. The minimum Gasteiger partial charge on any atom is -0.348 e. The second-order valence-corrected chi connectivity index (χ2v) is 9.12. The van der Waals surface area contributed by atoms with Gasteiger partial charge in [-0.15, -0.1) is 11.3 Å². The number of nitrogens with one attached hydrogen (secondary N) is 1. The van der Waals surface area contributed by atoms with Crippen LogP contribution in [0.15, 0.2) is 10.3 Å². The van der Waals surface area contributed by atoms with Crippen molar-refractivity contribution >= 4 is 33.0 Å². The summed E-state index contributed by atoms with van der Waals surface area (Å²) in [5, 5.41) is 0. The van der Waals surface area contributed by atoms with Crippen LogP contribution in [-0.4, -0.2) is 33.5 Å². The maximum atomic E-state index is 12.4. The van der Waals surface area contributed by atoms with E-state index in [1.54, 1.807) is 13.0 Å². The molecule has 0 radical (unpaired) electrons. The summed E-state index contributed by atoms with van der Waals surface area (Å²) in [6.07, 6.45) is 2.89. The molecule has 0 aromatic carbocycles. The number of rotatable bonds is 3. The lowest BCUT2D eigenvalue weighted by Crippen LogP contribution is -2.43. The summed E-state index contributed by atoms with van der Waals surface area (Å²) in [7, 11) is -3.49. The van der Waals surface area contributed by atoms with Gasteiger partial charge >= 0.3 is 0 Å². The van der Waals surface area contributed by atoms with Crippen LogP contribution in [0.25, 0.3) is 0 Å². The van der Waals surface area contributed by atoms with E-state index in [9.17, 15) is 8.42 Å². The molecule has 1 aromatic heterocycles. The first-order valence-electron chi connectivity index (χ1n) is 6.96. The normalized spacial score (nSPS) is 23.0. The molecule has 0 unspecified atom stereocenters. The zero-order valence-corrected chi connectivity index (χ0v) is 14.1. The zero-order chi connectivity index (χ0) is 15.1. The van der Waals surface area contributed by atoms with Crippen LogP contribution in [-0.2, 0) is 19.5 Å². The molecule has 2 heterocycles. The van der Waals surface area contributed by atoms with Gasteiger partial charge in [-0.25, -0.2) is 13.1 Å². The van der Waals surface area contributed by atoms with E-state index in [2.05, 4.69) is 4.72 Å². The van der Waals surface area contributed by atoms with Crippen LogP contribution in [0, 0.1) is 6.92 Å². The molecule has 1 aliphatic carbocycles. The SMILES string of the molecule is Cc1cc(S(=O)(=O)NC2CCC3(CC2)OCCO3)sc1Cl. The van der Waals surface area contributed by atoms with Crippen molar-refractivity contribution in [2.24, 2.45) is 0 Å². The number of aryl methyl sites for hydroxylation is 1. The average molecular weight is 352 g/mol. The van der Waals surface area contributed by atoms with Crippen LogP contribution in [0.2, 0.25) is 4.34 Å². The van der Waals surface area contributed by atoms with Gasteiger partial charge in [-0.05, 0) is 31.4 Å². The first-order valence-corrected chi connectivity index (χ1v) is 9.64. The van der Waals surface area contributed by atoms with Crippen molar-refractivity contribution in [2.75, 3.05) is 13.2 Å². The Morgan fingerprint density at radius 3 is 2.48 bits per heavy atom. The number of ether oxygens (including phenoxy) is 2. The maximum Gasteiger partial charge on any atom is 0.250 e. The van der Waals surface area contributed by atoms with E-state index in [1.165, 1.54) is 0 Å². The Bertz CT molecular complexity index is 593. The summed E-state index contributed by atoms with van der Waals surface area (Å²) < 4.78 is 39.6. The monoisotopic (exact) mass is 351 g/mol. The van der Waals surface area contributed by atoms with Crippen LogP contribution < -0.4 is 4.72 Å². The van der Waals surface area contributed by atoms with E-state index in [-0.39, 0.29) is 10.3 Å². The van der Waals surface area contributed by atoms with Gasteiger partial charge in [0.05, 0.1) is 17.6 Å². The standard InChI is InChI=1S/C13H18ClNO4S2/c1-9-8-11(20-12(9)14)21(16,17)15-10-2-4-13(5-3-10)18-6-7-19-13/h8,10,15H,2-7H2,1H3. The van der Waals surface area contributed by atoms with Gasteiger partial charge in [-0.2, -0.15) is 0 Å². The van der Waals surface area contributed by atoms with Crippen LogP contribution in [0.5, 0.6) is 0 Å². The molecule has 1 aliphatic heterocycles. The summed E-state index contributed by atoms with van der Waals surface area (Å²) >= 11 is 7.05. The molecule has 2 aliphatic rings. The van der Waals surface area contributed by atoms with E-state index >= 15 is 0 Å². The molecule has 1 N–H and O–H groups in total. The summed E-state index contributed by atoms with van der Waals surface area (Å²) in [4.78, 5) is 0. The van der Waals surface area contributed by atoms with E-state index in [0.717, 1.165) is 42.6 Å². The smallest absolute Gasteiger partial charge is 0.250 e. The lowest BCUT2D eigenvalue weighted by atomic mass is 9.91. The Hall–Kier alpha value is -0.180. The number of hydrogen-bond donors (Lipinski definition) is 1. The fraction of sp³-hybridized carbons (Fsp3) is 0.692. The highest BCUT2D eigenvalue weighted by Crippen LogP contribution is 2.36. The molecule has 1 saturated carbocycles. The third-order valence-electron chi connectivity index (χ3n) is 3.98. The number of sulfonamides is 1. The molecular weight excluding hydrogens is 334 g/mol. The van der Waals surface area contributed by atoms with Gasteiger partial charge < -0.3 is 9.47 Å². The molecular formula is C13H18ClNO4S2. The summed E-state index contributed by atoms with van der Waals surface area (Å²) in [5.41, 5.74) is 0.789. The first kappa shape index (κ1) is 15.7. The molecule has 8 heteroatoms. The molecule has 21 heavy (non-hydrogen) atoms. The lowest BCUT2D eigenvalue weighted by molar-refractivity contribution is -0.178. The summed E-state index contributed by atoms with van der Waals surface area (Å²) in [6, 6.07) is 1.54. The van der Waals surface area contributed by atoms with Gasteiger partial charge in [0.25, 0.3) is 0 Å². The Morgan fingerprint density at radius 1 is 1.33 bits per heavy atom. The zero-order valence-electron chi connectivity index (χ0n) is 11.7. The first-order chi connectivity index (χ1) is 9.90. The highest BCUT2D eigenvalue weighted by atomic mass is 35.5. The van der Waals surface area contributed by atoms with E-state index in [0.29, 0.717) is 17.6 Å². The third kappa shape index (κ3) is 3.28. The number of hydrogen-bond acceptors (Lipinski definition) is 5. The molecule has 3 rings (SSSR count). The molecule has 0 amide bonds. The molecule has 118 valence electrons. The topological polar surface area (TPSA) is 64.6 Å². The third-order valence-corrected chi connectivity index (χ3v) is 7.53. The van der Waals surface area contributed by atoms with Gasteiger partial charge in [0.15, 0.2) is 5.79 Å². The predicted molar refractivity (Wildman–Crippen MR) is 81.3 cm³/mol. The summed E-state index contributed by atoms with van der Waals surface area (Å²) in [5.74, 6) is -0.467. The van der Waals surface area contributed by atoms with Crippen molar-refractivity contribution in [1.82, 2.24) is 4.72 Å². The lowest BCUT2D eigenvalue weighted by Gasteiger charge is -2.35. The van der Waals surface area contributed by atoms with Gasteiger partial charge in [0.2, 0.25) is 10.0 Å². The Labute approximate surface area is 133 Å². The van der Waals surface area contributed by atoms with E-state index in [4.69, 9.17) is 21.1 Å². The number of thiophene rings is 1. The molecule has 0 atom stereocenters. The largest absolute Gasteiger partial charge is 0.348 e. The molecule has 1 spiro atoms. The minimum absolute atomic E-state index is 0.0744. The van der Waals surface area contributed by atoms with Gasteiger partial charge in [0, 0.05) is 18.9 Å². The van der Waals surface area contributed by atoms with Crippen molar-refractivity contribution in [3.05, 3.63) is 16.0 Å². The van der Waals surface area contributed by atoms with Gasteiger partial charge in [-0.3, -0.25) is 0 Å². The minimum atomic E-state index is -3.49. The molecule has 5 nitrogen and oxygen atoms in total. The Kier molecular flexibility index (Phi) is 4.33. The van der Waals surface area contributed by atoms with Gasteiger partial charge in [-0.1, -0.05) is 11.6 Å². The molecule has 0 bridgehead atoms. The van der Waals surface area contributed by atoms with Crippen LogP contribution in [0.1, 0.15) is 31.2 Å². The van der Waals surface area contributed by atoms with Crippen LogP contribution >= 0.6 is 22.9 Å². The molecule has 2 fully saturated rings. The van der Waals surface area contributed by atoms with E-state index in [1.807, 2.05) is 0 Å². The van der Waals surface area contributed by atoms with E-state index < -0.39 is 15.8 Å². The quantitative estimate of drug-likeness (QED) is 0.909. The van der Waals surface area contributed by atoms with Crippen molar-refractivity contribution in [3.8, 4) is 0 Å². The molecule has 1 aromatic rings. The second-order valence-electron chi connectivity index (χ2n) is 5.53. The highest BCUT2D eigenvalue weighted by Gasteiger charge is 2.41. The fourth-order valence-corrected chi connectivity index (χ4v) is 5.83. The van der Waals surface area contributed by atoms with Crippen molar-refractivity contribution in [2.45, 2.75) is 48.6 Å². The van der Waals surface area contributed by atoms with Crippen molar-refractivity contribution < 1.29 is 17.9 Å². The van der Waals surface area contributed by atoms with Crippen molar-refractivity contribution in [1.29, 1.82) is 0 Å². The highest BCUT2D eigenvalue weighted by molar-refractivity contribution is 7.91. The second kappa shape index (κ2) is 5.79. The Morgan fingerprint density at radius 2 is 1.95 bits per heavy atom. The van der Waals surface area contributed by atoms with Gasteiger partial charge in [0.1, 0.15) is 4.21 Å². The van der Waals surface area contributed by atoms with Crippen molar-refractivity contribution in [3.63, 3.8) is 0 Å². The van der Waals surface area contributed by atoms with Crippen LogP contribution in [0.4, 0.5) is 0 Å². The molecule has 1 saturated heterocycles.